The van der Waals surface area contributed by atoms with Crippen LogP contribution in [0.15, 0.2) is 29.2 Å². The Hall–Kier alpha value is -1.70. The van der Waals surface area contributed by atoms with E-state index in [2.05, 4.69) is 5.32 Å². The Morgan fingerprint density at radius 2 is 1.77 bits per heavy atom. The van der Waals surface area contributed by atoms with Crippen molar-refractivity contribution in [3.05, 3.63) is 24.3 Å². The number of anilines is 1. The fourth-order valence-corrected chi connectivity index (χ4v) is 3.42. The van der Waals surface area contributed by atoms with Gasteiger partial charge >= 0.3 is 5.76 Å². The number of sulfone groups is 1. The van der Waals surface area contributed by atoms with E-state index in [4.69, 9.17) is 5.73 Å². The minimum Gasteiger partial charge on any atom is -0.382 e. The van der Waals surface area contributed by atoms with Crippen LogP contribution in [0.2, 0.25) is 0 Å². The average molecular weight is 332 g/mol. The maximum Gasteiger partial charge on any atom is 0.341 e. The summed E-state index contributed by atoms with van der Waals surface area (Å²) in [6.07, 6.45) is 3.41. The van der Waals surface area contributed by atoms with E-state index in [1.54, 1.807) is 0 Å². The fourth-order valence-electron chi connectivity index (χ4n) is 2.70. The third-order valence-electron chi connectivity index (χ3n) is 3.90. The lowest BCUT2D eigenvalue weighted by Gasteiger charge is -2.30. The van der Waals surface area contributed by atoms with Crippen molar-refractivity contribution in [2.24, 2.45) is 11.7 Å². The molecular formula is C14H18F2N2O3S. The van der Waals surface area contributed by atoms with E-state index in [1.165, 1.54) is 12.1 Å². The molecule has 2 unspecified atom stereocenters. The molecule has 8 heteroatoms. The maximum atomic E-state index is 12.5. The largest absolute Gasteiger partial charge is 0.382 e. The number of carbonyl (C=O) groups excluding carboxylic acids is 1. The minimum absolute atomic E-state index is 0.121. The van der Waals surface area contributed by atoms with Crippen LogP contribution >= 0.6 is 0 Å². The molecule has 0 saturated heterocycles. The van der Waals surface area contributed by atoms with Crippen molar-refractivity contribution in [1.82, 2.24) is 0 Å². The van der Waals surface area contributed by atoms with Crippen molar-refractivity contribution in [2.75, 3.05) is 5.32 Å². The van der Waals surface area contributed by atoms with Gasteiger partial charge in [-0.1, -0.05) is 12.8 Å². The Morgan fingerprint density at radius 3 is 2.32 bits per heavy atom. The van der Waals surface area contributed by atoms with Crippen molar-refractivity contribution in [2.45, 2.75) is 42.4 Å². The molecule has 0 spiro atoms. The van der Waals surface area contributed by atoms with Crippen LogP contribution < -0.4 is 11.1 Å². The molecule has 3 N–H and O–H groups in total. The quantitative estimate of drug-likeness (QED) is 0.864. The van der Waals surface area contributed by atoms with Gasteiger partial charge in [-0.2, -0.15) is 8.78 Å². The highest BCUT2D eigenvalue weighted by Crippen LogP contribution is 2.28. The van der Waals surface area contributed by atoms with Gasteiger partial charge in [-0.15, -0.1) is 0 Å². The van der Waals surface area contributed by atoms with Gasteiger partial charge in [-0.05, 0) is 37.1 Å². The lowest BCUT2D eigenvalue weighted by atomic mass is 9.84. The number of halogens is 2. The van der Waals surface area contributed by atoms with E-state index in [1.807, 2.05) is 0 Å². The van der Waals surface area contributed by atoms with Crippen LogP contribution in [0.4, 0.5) is 14.5 Å². The Morgan fingerprint density at radius 1 is 1.18 bits per heavy atom. The summed E-state index contributed by atoms with van der Waals surface area (Å²) in [6, 6.07) is 4.98. The van der Waals surface area contributed by atoms with Crippen LogP contribution in [0.25, 0.3) is 0 Å². The molecule has 22 heavy (non-hydrogen) atoms. The van der Waals surface area contributed by atoms with Crippen LogP contribution in [0.1, 0.15) is 25.7 Å². The number of alkyl halides is 2. The molecule has 1 aliphatic rings. The maximum absolute atomic E-state index is 12.5. The predicted molar refractivity (Wildman–Crippen MR) is 78.2 cm³/mol. The number of nitrogens with two attached hydrogens (primary N) is 1. The average Bonchev–Trinajstić information content (AvgIpc) is 2.48. The number of primary amides is 1. The topological polar surface area (TPSA) is 89.3 Å². The number of amides is 1. The Balaban J connectivity index is 2.12. The molecule has 1 amide bonds. The summed E-state index contributed by atoms with van der Waals surface area (Å²) in [4.78, 5) is 11.0. The number of rotatable bonds is 5. The molecule has 2 atom stereocenters. The summed E-state index contributed by atoms with van der Waals surface area (Å²) in [7, 11) is -4.59. The standard InChI is InChI=1S/C14H18F2N2O3S/c15-14(16)22(20,21)10-7-5-9(6-8-10)18-12-4-2-1-3-11(12)13(17)19/h5-8,11-12,14,18H,1-4H2,(H2,17,19). The van der Waals surface area contributed by atoms with Crippen molar-refractivity contribution < 1.29 is 22.0 Å². The highest BCUT2D eigenvalue weighted by atomic mass is 32.2. The van der Waals surface area contributed by atoms with Gasteiger partial charge in [0.25, 0.3) is 0 Å². The van der Waals surface area contributed by atoms with Gasteiger partial charge in [0.05, 0.1) is 10.8 Å². The molecule has 0 aromatic heterocycles. The van der Waals surface area contributed by atoms with Crippen molar-refractivity contribution in [1.29, 1.82) is 0 Å². The van der Waals surface area contributed by atoms with Crippen molar-refractivity contribution >= 4 is 21.4 Å². The molecule has 0 heterocycles. The summed E-state index contributed by atoms with van der Waals surface area (Å²) in [5, 5.41) is 3.14. The Kier molecular flexibility index (Phi) is 5.00. The van der Waals surface area contributed by atoms with Crippen LogP contribution in [0.3, 0.4) is 0 Å². The molecule has 1 aliphatic carbocycles. The predicted octanol–water partition coefficient (Wildman–Crippen LogP) is 2.14. The first-order chi connectivity index (χ1) is 10.3. The zero-order valence-corrected chi connectivity index (χ0v) is 12.7. The molecule has 122 valence electrons. The molecule has 0 radical (unpaired) electrons. The van der Waals surface area contributed by atoms with Crippen LogP contribution in [0, 0.1) is 5.92 Å². The first-order valence-electron chi connectivity index (χ1n) is 7.00. The smallest absolute Gasteiger partial charge is 0.341 e. The second kappa shape index (κ2) is 6.60. The monoisotopic (exact) mass is 332 g/mol. The van der Waals surface area contributed by atoms with Crippen LogP contribution in [-0.2, 0) is 14.6 Å². The number of nitrogens with one attached hydrogen (secondary N) is 1. The first-order valence-corrected chi connectivity index (χ1v) is 8.55. The summed E-state index contributed by atoms with van der Waals surface area (Å²) in [5.41, 5.74) is 5.96. The second-order valence-corrected chi connectivity index (χ2v) is 7.29. The Labute approximate surface area is 127 Å². The second-order valence-electron chi connectivity index (χ2n) is 5.37. The minimum atomic E-state index is -4.59. The van der Waals surface area contributed by atoms with Gasteiger partial charge in [0.2, 0.25) is 15.7 Å². The molecule has 0 aliphatic heterocycles. The molecule has 1 aromatic rings. The van der Waals surface area contributed by atoms with E-state index >= 15 is 0 Å². The normalized spacial score (nSPS) is 22.5. The lowest BCUT2D eigenvalue weighted by Crippen LogP contribution is -2.40. The van der Waals surface area contributed by atoms with Gasteiger partial charge in [-0.3, -0.25) is 4.79 Å². The molecular weight excluding hydrogens is 314 g/mol. The summed E-state index contributed by atoms with van der Waals surface area (Å²) < 4.78 is 47.6. The Bertz CT molecular complexity index is 632. The number of hydrogen-bond donors (Lipinski definition) is 2. The van der Waals surface area contributed by atoms with E-state index in [-0.39, 0.29) is 17.9 Å². The number of benzene rings is 1. The van der Waals surface area contributed by atoms with Gasteiger partial charge in [0.1, 0.15) is 0 Å². The third kappa shape index (κ3) is 3.55. The van der Waals surface area contributed by atoms with E-state index in [9.17, 15) is 22.0 Å². The third-order valence-corrected chi connectivity index (χ3v) is 5.30. The van der Waals surface area contributed by atoms with Crippen LogP contribution in [0.5, 0.6) is 0 Å². The number of hydrogen-bond acceptors (Lipinski definition) is 4. The van der Waals surface area contributed by atoms with Gasteiger partial charge in [-0.25, -0.2) is 8.42 Å². The molecule has 1 saturated carbocycles. The van der Waals surface area contributed by atoms with Crippen molar-refractivity contribution in [3.8, 4) is 0 Å². The van der Waals surface area contributed by atoms with E-state index < -0.39 is 20.5 Å². The summed E-state index contributed by atoms with van der Waals surface area (Å²) in [5.74, 6) is -4.09. The molecule has 5 nitrogen and oxygen atoms in total. The van der Waals surface area contributed by atoms with Crippen LogP contribution in [-0.4, -0.2) is 26.1 Å². The molecule has 2 rings (SSSR count). The fraction of sp³-hybridized carbons (Fsp3) is 0.500. The van der Waals surface area contributed by atoms with E-state index in [0.29, 0.717) is 12.1 Å². The SMILES string of the molecule is NC(=O)C1CCCCC1Nc1ccc(S(=O)(=O)C(F)F)cc1. The highest BCUT2D eigenvalue weighted by molar-refractivity contribution is 7.91. The van der Waals surface area contributed by atoms with Gasteiger partial charge < -0.3 is 11.1 Å². The summed E-state index contributed by atoms with van der Waals surface area (Å²) in [6.45, 7) is 0. The molecule has 0 bridgehead atoms. The van der Waals surface area contributed by atoms with Crippen molar-refractivity contribution in [3.63, 3.8) is 0 Å². The first kappa shape index (κ1) is 16.7. The van der Waals surface area contributed by atoms with E-state index in [0.717, 1.165) is 31.4 Å². The zero-order valence-electron chi connectivity index (χ0n) is 11.8. The summed E-state index contributed by atoms with van der Waals surface area (Å²) >= 11 is 0. The number of carbonyl (C=O) groups is 1. The lowest BCUT2D eigenvalue weighted by molar-refractivity contribution is -0.122. The van der Waals surface area contributed by atoms with Gasteiger partial charge in [0.15, 0.2) is 0 Å². The molecule has 1 fully saturated rings. The zero-order chi connectivity index (χ0) is 16.3. The molecule has 1 aromatic carbocycles. The van der Waals surface area contributed by atoms with Gasteiger partial charge in [0, 0.05) is 11.7 Å². The highest BCUT2D eigenvalue weighted by Gasteiger charge is 2.30.